The van der Waals surface area contributed by atoms with Gasteiger partial charge in [-0.15, -0.1) is 0 Å². The molecule has 0 fully saturated rings. The lowest BCUT2D eigenvalue weighted by Gasteiger charge is -2.19. The molecule has 0 saturated carbocycles. The third-order valence-electron chi connectivity index (χ3n) is 8.31. The second-order valence-corrected chi connectivity index (χ2v) is 11.0. The molecule has 7 heteroatoms. The average Bonchev–Trinajstić information content (AvgIpc) is 3.55. The van der Waals surface area contributed by atoms with Crippen LogP contribution in [0.4, 0.5) is 4.39 Å². The van der Waals surface area contributed by atoms with Crippen LogP contribution in [0.5, 0.6) is 11.5 Å². The van der Waals surface area contributed by atoms with Gasteiger partial charge in [0.05, 0.1) is 20.1 Å². The van der Waals surface area contributed by atoms with Gasteiger partial charge in [0.1, 0.15) is 23.4 Å². The van der Waals surface area contributed by atoms with E-state index in [2.05, 4.69) is 26.0 Å². The summed E-state index contributed by atoms with van der Waals surface area (Å²) in [5, 5.41) is 0. The van der Waals surface area contributed by atoms with Gasteiger partial charge < -0.3 is 18.8 Å². The Morgan fingerprint density at radius 2 is 1.83 bits per heavy atom. The molecular weight excluding hydrogens is 521 g/mol. The number of benzene rings is 3. The van der Waals surface area contributed by atoms with Gasteiger partial charge in [-0.05, 0) is 83.8 Å². The zero-order chi connectivity index (χ0) is 28.8. The van der Waals surface area contributed by atoms with Crippen LogP contribution in [0, 0.1) is 19.7 Å². The average molecular weight is 554 g/mol. The van der Waals surface area contributed by atoms with Crippen LogP contribution in [0.2, 0.25) is 0 Å². The zero-order valence-corrected chi connectivity index (χ0v) is 23.6. The Labute approximate surface area is 238 Å². The summed E-state index contributed by atoms with van der Waals surface area (Å²) in [5.41, 5.74) is 8.55. The molecule has 1 aliphatic heterocycles. The van der Waals surface area contributed by atoms with Crippen molar-refractivity contribution in [2.75, 3.05) is 13.7 Å². The highest BCUT2D eigenvalue weighted by Gasteiger charge is 2.32. The highest BCUT2D eigenvalue weighted by molar-refractivity contribution is 5.79. The fourth-order valence-electron chi connectivity index (χ4n) is 6.26. The van der Waals surface area contributed by atoms with Crippen molar-refractivity contribution in [3.05, 3.63) is 105 Å². The summed E-state index contributed by atoms with van der Waals surface area (Å²) < 4.78 is 33.9. The molecule has 0 unspecified atom stereocenters. The van der Waals surface area contributed by atoms with E-state index in [0.717, 1.165) is 44.5 Å². The lowest BCUT2D eigenvalue weighted by Crippen LogP contribution is -2.14. The lowest BCUT2D eigenvalue weighted by atomic mass is 9.88. The Bertz CT molecular complexity index is 1720. The second kappa shape index (κ2) is 10.5. The number of esters is 1. The topological polar surface area (TPSA) is 66.8 Å². The summed E-state index contributed by atoms with van der Waals surface area (Å²) in [5.74, 6) is 0.701. The first kappa shape index (κ1) is 26.8. The molecule has 2 atom stereocenters. The highest BCUT2D eigenvalue weighted by atomic mass is 19.1. The number of aromatic nitrogens is 1. The molecule has 0 saturated heterocycles. The van der Waals surface area contributed by atoms with Crippen LogP contribution in [-0.2, 0) is 23.0 Å². The number of halogens is 1. The van der Waals surface area contributed by atoms with E-state index in [9.17, 15) is 9.59 Å². The first-order valence-corrected chi connectivity index (χ1v) is 13.8. The van der Waals surface area contributed by atoms with Crippen LogP contribution in [0.1, 0.15) is 52.7 Å². The summed E-state index contributed by atoms with van der Waals surface area (Å²) in [4.78, 5) is 24.0. The molecule has 0 spiro atoms. The molecular formula is C34H32FNO5. The Balaban J connectivity index is 1.30. The number of hydrogen-bond acceptors (Lipinski definition) is 5. The third kappa shape index (κ3) is 4.90. The summed E-state index contributed by atoms with van der Waals surface area (Å²) in [7, 11) is 3.12. The van der Waals surface area contributed by atoms with Crippen molar-refractivity contribution in [3.8, 4) is 33.8 Å². The maximum Gasteiger partial charge on any atom is 0.306 e. The highest BCUT2D eigenvalue weighted by Crippen LogP contribution is 2.45. The van der Waals surface area contributed by atoms with Crippen molar-refractivity contribution in [2.45, 2.75) is 45.1 Å². The van der Waals surface area contributed by atoms with Crippen molar-refractivity contribution in [1.82, 2.24) is 4.57 Å². The number of rotatable bonds is 6. The number of hydrogen-bond donors (Lipinski definition) is 0. The quantitative estimate of drug-likeness (QED) is 0.252. The molecule has 41 heavy (non-hydrogen) atoms. The van der Waals surface area contributed by atoms with Crippen molar-refractivity contribution in [1.29, 1.82) is 0 Å². The van der Waals surface area contributed by atoms with Crippen LogP contribution >= 0.6 is 0 Å². The lowest BCUT2D eigenvalue weighted by molar-refractivity contribution is -0.141. The van der Waals surface area contributed by atoms with E-state index >= 15 is 4.39 Å². The minimum atomic E-state index is -0.421. The number of methoxy groups -OCH3 is 1. The molecule has 210 valence electrons. The van der Waals surface area contributed by atoms with Crippen molar-refractivity contribution in [3.63, 3.8) is 0 Å². The number of carbonyl (C=O) groups is 1. The predicted molar refractivity (Wildman–Crippen MR) is 155 cm³/mol. The summed E-state index contributed by atoms with van der Waals surface area (Å²) in [6.07, 6.45) is 2.98. The first-order valence-electron chi connectivity index (χ1n) is 13.8. The van der Waals surface area contributed by atoms with E-state index in [1.165, 1.54) is 13.2 Å². The summed E-state index contributed by atoms with van der Waals surface area (Å²) in [6, 6.07) is 16.8. The Kier molecular flexibility index (Phi) is 6.89. The van der Waals surface area contributed by atoms with Crippen LogP contribution in [0.3, 0.4) is 0 Å². The van der Waals surface area contributed by atoms with Crippen molar-refractivity contribution in [2.24, 2.45) is 7.05 Å². The predicted octanol–water partition coefficient (Wildman–Crippen LogP) is 6.58. The van der Waals surface area contributed by atoms with E-state index in [1.807, 2.05) is 30.3 Å². The number of nitrogens with zero attached hydrogens (tertiary/aromatic N) is 1. The Morgan fingerprint density at radius 1 is 1.05 bits per heavy atom. The van der Waals surface area contributed by atoms with E-state index < -0.39 is 6.10 Å². The Hall–Kier alpha value is -4.39. The standard InChI is InChI=1S/C34H32FNO5/c1-19-13-22(21-11-12-36(3)31(37)15-21)14-20(2)33(19)26-7-9-28(35)34-27(26)8-10-29(34)41-24-5-6-25-23(16-32(38)39-4)18-40-30(25)17-24/h5-7,9,11-15,17,23,29H,8,10,16,18H2,1-4H3/t23-,29-/m1/s1. The van der Waals surface area contributed by atoms with Gasteiger partial charge in [0.2, 0.25) is 0 Å². The van der Waals surface area contributed by atoms with Gasteiger partial charge in [-0.25, -0.2) is 4.39 Å². The molecule has 0 amide bonds. The van der Waals surface area contributed by atoms with Crippen LogP contribution in [0.15, 0.2) is 65.6 Å². The number of ether oxygens (including phenoxy) is 3. The minimum absolute atomic E-state index is 0.0520. The van der Waals surface area contributed by atoms with E-state index in [4.69, 9.17) is 14.2 Å². The molecule has 0 radical (unpaired) electrons. The zero-order valence-electron chi connectivity index (χ0n) is 23.6. The minimum Gasteiger partial charge on any atom is -0.492 e. The maximum atomic E-state index is 15.3. The summed E-state index contributed by atoms with van der Waals surface area (Å²) in [6.45, 7) is 4.53. The van der Waals surface area contributed by atoms with Crippen molar-refractivity contribution >= 4 is 5.97 Å². The fourth-order valence-corrected chi connectivity index (χ4v) is 6.26. The third-order valence-corrected chi connectivity index (χ3v) is 8.31. The van der Waals surface area contributed by atoms with Gasteiger partial charge in [-0.3, -0.25) is 9.59 Å². The number of fused-ring (bicyclic) bond motifs is 2. The van der Waals surface area contributed by atoms with Gasteiger partial charge in [0.25, 0.3) is 5.56 Å². The first-order chi connectivity index (χ1) is 19.7. The van der Waals surface area contributed by atoms with Crippen LogP contribution < -0.4 is 15.0 Å². The number of pyridine rings is 1. The van der Waals surface area contributed by atoms with Crippen molar-refractivity contribution < 1.29 is 23.4 Å². The SMILES string of the molecule is COC(=O)C[C@@H]1COc2cc(O[C@@H]3CCc4c(-c5c(C)cc(-c6ccn(C)c(=O)c6)cc5C)ccc(F)c43)ccc21. The van der Waals surface area contributed by atoms with E-state index in [0.29, 0.717) is 36.5 Å². The number of carbonyl (C=O) groups excluding carboxylic acids is 1. The molecule has 0 N–H and O–H groups in total. The maximum absolute atomic E-state index is 15.3. The van der Waals surface area contributed by atoms with E-state index in [1.54, 1.807) is 23.9 Å². The fraction of sp³-hybridized carbons (Fsp3) is 0.294. The molecule has 1 aromatic heterocycles. The number of aryl methyl sites for hydroxylation is 3. The molecule has 0 bridgehead atoms. The molecule has 2 aliphatic rings. The van der Waals surface area contributed by atoms with Gasteiger partial charge in [-0.2, -0.15) is 0 Å². The normalized spacial score (nSPS) is 17.1. The monoisotopic (exact) mass is 553 g/mol. The Morgan fingerprint density at radius 3 is 2.56 bits per heavy atom. The molecule has 3 aromatic carbocycles. The van der Waals surface area contributed by atoms with E-state index in [-0.39, 0.29) is 29.7 Å². The molecule has 2 heterocycles. The summed E-state index contributed by atoms with van der Waals surface area (Å²) >= 11 is 0. The van der Waals surface area contributed by atoms with Gasteiger partial charge >= 0.3 is 5.97 Å². The van der Waals surface area contributed by atoms with Gasteiger partial charge in [0.15, 0.2) is 0 Å². The second-order valence-electron chi connectivity index (χ2n) is 11.0. The van der Waals surface area contributed by atoms with Gasteiger partial charge in [-0.1, -0.05) is 24.3 Å². The molecule has 4 aromatic rings. The van der Waals surface area contributed by atoms with Crippen LogP contribution in [0.25, 0.3) is 22.3 Å². The largest absolute Gasteiger partial charge is 0.492 e. The van der Waals surface area contributed by atoms with Gasteiger partial charge in [0, 0.05) is 42.4 Å². The molecule has 6 nitrogen and oxygen atoms in total. The smallest absolute Gasteiger partial charge is 0.306 e. The van der Waals surface area contributed by atoms with Crippen LogP contribution in [-0.4, -0.2) is 24.3 Å². The molecule has 6 rings (SSSR count). The molecule has 1 aliphatic carbocycles.